The Morgan fingerprint density at radius 2 is 2.31 bits per heavy atom. The summed E-state index contributed by atoms with van der Waals surface area (Å²) in [4.78, 5) is 11.1. The number of carbonyl (C=O) groups excluding carboxylic acids is 1. The molecule has 0 bridgehead atoms. The van der Waals surface area contributed by atoms with Gasteiger partial charge in [-0.05, 0) is 29.7 Å². The van der Waals surface area contributed by atoms with Crippen LogP contribution in [0.3, 0.4) is 0 Å². The molecular weight excluding hydrogens is 164 g/mol. The topological polar surface area (TPSA) is 55.1 Å². The normalized spacial score (nSPS) is 14.2. The summed E-state index contributed by atoms with van der Waals surface area (Å²) >= 11 is 0. The zero-order valence-corrected chi connectivity index (χ0v) is 7.55. The number of nitrogens with one attached hydrogen (secondary N) is 1. The quantitative estimate of drug-likeness (QED) is 0.669. The molecule has 3 heteroatoms. The Kier molecular flexibility index (Phi) is 1.81. The first-order valence-corrected chi connectivity index (χ1v) is 4.33. The lowest BCUT2D eigenvalue weighted by atomic mass is 10.0. The molecule has 0 radical (unpaired) electrons. The number of benzene rings is 1. The van der Waals surface area contributed by atoms with Gasteiger partial charge in [0.05, 0.1) is 6.42 Å². The van der Waals surface area contributed by atoms with Gasteiger partial charge in [-0.3, -0.25) is 4.79 Å². The van der Waals surface area contributed by atoms with Gasteiger partial charge in [0.2, 0.25) is 5.91 Å². The molecule has 0 fully saturated rings. The number of amides is 1. The second kappa shape index (κ2) is 2.85. The SMILES string of the molecule is Cc1c(CN)ccc2c1CC(=O)N2. The van der Waals surface area contributed by atoms with E-state index in [0.29, 0.717) is 13.0 Å². The molecule has 1 aliphatic rings. The van der Waals surface area contributed by atoms with E-state index in [2.05, 4.69) is 5.32 Å². The second-order valence-corrected chi connectivity index (χ2v) is 3.30. The van der Waals surface area contributed by atoms with Gasteiger partial charge in [-0.1, -0.05) is 6.07 Å². The lowest BCUT2D eigenvalue weighted by molar-refractivity contribution is -0.115. The highest BCUT2D eigenvalue weighted by molar-refractivity contribution is 5.99. The van der Waals surface area contributed by atoms with E-state index in [9.17, 15) is 4.79 Å². The maximum atomic E-state index is 11.1. The van der Waals surface area contributed by atoms with E-state index < -0.39 is 0 Å². The van der Waals surface area contributed by atoms with Gasteiger partial charge in [0.25, 0.3) is 0 Å². The highest BCUT2D eigenvalue weighted by Gasteiger charge is 2.20. The van der Waals surface area contributed by atoms with E-state index in [1.807, 2.05) is 19.1 Å². The van der Waals surface area contributed by atoms with E-state index in [0.717, 1.165) is 22.4 Å². The van der Waals surface area contributed by atoms with Crippen molar-refractivity contribution in [3.63, 3.8) is 0 Å². The molecule has 1 aromatic carbocycles. The molecule has 1 aromatic rings. The summed E-state index contributed by atoms with van der Waals surface area (Å²) in [5.74, 6) is 0.0762. The van der Waals surface area contributed by atoms with E-state index in [1.165, 1.54) is 0 Å². The van der Waals surface area contributed by atoms with Gasteiger partial charge >= 0.3 is 0 Å². The number of nitrogens with two attached hydrogens (primary N) is 1. The first-order valence-electron chi connectivity index (χ1n) is 4.33. The first-order chi connectivity index (χ1) is 6.22. The molecule has 1 amide bonds. The van der Waals surface area contributed by atoms with Crippen molar-refractivity contribution in [3.8, 4) is 0 Å². The van der Waals surface area contributed by atoms with Crippen LogP contribution in [0.1, 0.15) is 16.7 Å². The predicted octanol–water partition coefficient (Wildman–Crippen LogP) is 0.948. The minimum atomic E-state index is 0.0762. The Hall–Kier alpha value is -1.35. The monoisotopic (exact) mass is 176 g/mol. The molecule has 13 heavy (non-hydrogen) atoms. The first kappa shape index (κ1) is 8.26. The highest BCUT2D eigenvalue weighted by atomic mass is 16.1. The summed E-state index contributed by atoms with van der Waals surface area (Å²) in [6, 6.07) is 3.90. The predicted molar refractivity (Wildman–Crippen MR) is 51.4 cm³/mol. The Balaban J connectivity index is 2.54. The van der Waals surface area contributed by atoms with Crippen LogP contribution in [0.15, 0.2) is 12.1 Å². The van der Waals surface area contributed by atoms with Crippen LogP contribution in [-0.4, -0.2) is 5.91 Å². The fourth-order valence-corrected chi connectivity index (χ4v) is 1.73. The molecular formula is C10H12N2O. The molecule has 1 heterocycles. The van der Waals surface area contributed by atoms with Crippen LogP contribution in [0.5, 0.6) is 0 Å². The number of carbonyl (C=O) groups is 1. The summed E-state index contributed by atoms with van der Waals surface area (Å²) in [6.07, 6.45) is 0.495. The van der Waals surface area contributed by atoms with Gasteiger partial charge in [-0.25, -0.2) is 0 Å². The summed E-state index contributed by atoms with van der Waals surface area (Å²) < 4.78 is 0. The van der Waals surface area contributed by atoms with Crippen molar-refractivity contribution in [3.05, 3.63) is 28.8 Å². The molecule has 0 aromatic heterocycles. The van der Waals surface area contributed by atoms with Crippen LogP contribution in [0.25, 0.3) is 0 Å². The number of rotatable bonds is 1. The van der Waals surface area contributed by atoms with Crippen molar-refractivity contribution in [1.29, 1.82) is 0 Å². The third-order valence-corrected chi connectivity index (χ3v) is 2.54. The molecule has 0 unspecified atom stereocenters. The fourth-order valence-electron chi connectivity index (χ4n) is 1.73. The fraction of sp³-hybridized carbons (Fsp3) is 0.300. The molecule has 68 valence electrons. The van der Waals surface area contributed by atoms with Crippen LogP contribution < -0.4 is 11.1 Å². The average molecular weight is 176 g/mol. The van der Waals surface area contributed by atoms with Crippen molar-refractivity contribution in [2.45, 2.75) is 19.9 Å². The summed E-state index contributed by atoms with van der Waals surface area (Å²) in [5.41, 5.74) is 9.89. The van der Waals surface area contributed by atoms with Gasteiger partial charge in [-0.15, -0.1) is 0 Å². The van der Waals surface area contributed by atoms with Crippen molar-refractivity contribution in [2.75, 3.05) is 5.32 Å². The molecule has 3 N–H and O–H groups in total. The molecule has 0 saturated heterocycles. The zero-order chi connectivity index (χ0) is 9.42. The Morgan fingerprint density at radius 1 is 1.54 bits per heavy atom. The van der Waals surface area contributed by atoms with Gasteiger partial charge in [0.15, 0.2) is 0 Å². The summed E-state index contributed by atoms with van der Waals surface area (Å²) in [7, 11) is 0. The van der Waals surface area contributed by atoms with Crippen LogP contribution in [-0.2, 0) is 17.8 Å². The molecule has 3 nitrogen and oxygen atoms in total. The number of anilines is 1. The molecule has 0 aliphatic carbocycles. The molecule has 0 atom stereocenters. The van der Waals surface area contributed by atoms with Gasteiger partial charge in [0.1, 0.15) is 0 Å². The Morgan fingerprint density at radius 3 is 3.00 bits per heavy atom. The summed E-state index contributed by atoms with van der Waals surface area (Å²) in [5, 5.41) is 2.81. The van der Waals surface area contributed by atoms with Gasteiger partial charge in [-0.2, -0.15) is 0 Å². The molecule has 0 spiro atoms. The van der Waals surface area contributed by atoms with Crippen LogP contribution >= 0.6 is 0 Å². The molecule has 2 rings (SSSR count). The third kappa shape index (κ3) is 1.21. The van der Waals surface area contributed by atoms with E-state index in [1.54, 1.807) is 0 Å². The van der Waals surface area contributed by atoms with Crippen molar-refractivity contribution < 1.29 is 4.79 Å². The maximum absolute atomic E-state index is 11.1. The second-order valence-electron chi connectivity index (χ2n) is 3.30. The Labute approximate surface area is 76.9 Å². The van der Waals surface area contributed by atoms with Crippen molar-refractivity contribution in [1.82, 2.24) is 0 Å². The minimum Gasteiger partial charge on any atom is -0.326 e. The van der Waals surface area contributed by atoms with Crippen molar-refractivity contribution >= 4 is 11.6 Å². The number of hydrogen-bond acceptors (Lipinski definition) is 2. The maximum Gasteiger partial charge on any atom is 0.228 e. The largest absolute Gasteiger partial charge is 0.326 e. The Bertz CT molecular complexity index is 371. The van der Waals surface area contributed by atoms with E-state index in [-0.39, 0.29) is 5.91 Å². The van der Waals surface area contributed by atoms with Gasteiger partial charge < -0.3 is 11.1 Å². The minimum absolute atomic E-state index is 0.0762. The average Bonchev–Trinajstić information content (AvgIpc) is 2.47. The van der Waals surface area contributed by atoms with E-state index in [4.69, 9.17) is 5.73 Å². The molecule has 1 aliphatic heterocycles. The lowest BCUT2D eigenvalue weighted by Crippen LogP contribution is -2.03. The standard InChI is InChI=1S/C10H12N2O/c1-6-7(5-11)2-3-9-8(6)4-10(13)12-9/h2-3H,4-5,11H2,1H3,(H,12,13). The lowest BCUT2D eigenvalue weighted by Gasteiger charge is -2.07. The highest BCUT2D eigenvalue weighted by Crippen LogP contribution is 2.27. The zero-order valence-electron chi connectivity index (χ0n) is 7.55. The number of hydrogen-bond donors (Lipinski definition) is 2. The smallest absolute Gasteiger partial charge is 0.228 e. The van der Waals surface area contributed by atoms with E-state index >= 15 is 0 Å². The van der Waals surface area contributed by atoms with Crippen LogP contribution in [0.4, 0.5) is 5.69 Å². The molecule has 0 saturated carbocycles. The van der Waals surface area contributed by atoms with Crippen LogP contribution in [0.2, 0.25) is 0 Å². The van der Waals surface area contributed by atoms with Gasteiger partial charge in [0, 0.05) is 12.2 Å². The summed E-state index contributed by atoms with van der Waals surface area (Å²) in [6.45, 7) is 2.55. The number of fused-ring (bicyclic) bond motifs is 1. The van der Waals surface area contributed by atoms with Crippen molar-refractivity contribution in [2.24, 2.45) is 5.73 Å². The van der Waals surface area contributed by atoms with Crippen LogP contribution in [0, 0.1) is 6.92 Å². The third-order valence-electron chi connectivity index (χ3n) is 2.54.